The predicted molar refractivity (Wildman–Crippen MR) is 105 cm³/mol. The third-order valence-corrected chi connectivity index (χ3v) is 6.97. The molecule has 4 atom stereocenters. The standard InChI is InChI=1S/C20H23ClN6O2/c1-12(27-11-22-24-25-27)18(28)23-17-9-26(10-20(17)6-7-20)19(29)16-8-15(16)13-2-4-14(21)5-3-13/h2-5,11-12,15-17H,6-10H2,1H3,(H,23,28)/t12-,15-,16+,17?/m0/s1. The van der Waals surface area contributed by atoms with E-state index in [1.165, 1.54) is 16.6 Å². The first-order valence-corrected chi connectivity index (χ1v) is 10.4. The molecule has 2 aliphatic carbocycles. The molecule has 2 amide bonds. The average Bonchev–Trinajstić information content (AvgIpc) is 3.58. The van der Waals surface area contributed by atoms with Gasteiger partial charge in [-0.05, 0) is 60.2 Å². The SMILES string of the molecule is C[C@@H](C(=O)NC1CN(C(=O)[C@@H]2C[C@H]2c2ccc(Cl)cc2)CC12CC2)n1cnnn1. The summed E-state index contributed by atoms with van der Waals surface area (Å²) in [6, 6.07) is 7.28. The minimum Gasteiger partial charge on any atom is -0.349 e. The van der Waals surface area contributed by atoms with Crippen molar-refractivity contribution in [2.45, 2.75) is 44.2 Å². The second-order valence-corrected chi connectivity index (χ2v) is 9.04. The number of hydrogen-bond donors (Lipinski definition) is 1. The Kier molecular flexibility index (Phi) is 4.34. The third-order valence-electron chi connectivity index (χ3n) is 6.72. The molecule has 3 fully saturated rings. The molecule has 1 spiro atoms. The molecule has 8 nitrogen and oxygen atoms in total. The molecule has 2 heterocycles. The highest BCUT2D eigenvalue weighted by Crippen LogP contribution is 2.55. The van der Waals surface area contributed by atoms with Crippen LogP contribution in [0.15, 0.2) is 30.6 Å². The Hall–Kier alpha value is -2.48. The lowest BCUT2D eigenvalue weighted by atomic mass is 10.0. The van der Waals surface area contributed by atoms with Crippen LogP contribution in [-0.4, -0.2) is 56.1 Å². The fourth-order valence-electron chi connectivity index (χ4n) is 4.54. The van der Waals surface area contributed by atoms with Gasteiger partial charge in [0.2, 0.25) is 11.8 Å². The number of nitrogens with one attached hydrogen (secondary N) is 1. The van der Waals surface area contributed by atoms with Crippen LogP contribution in [0.1, 0.15) is 43.7 Å². The Morgan fingerprint density at radius 3 is 2.69 bits per heavy atom. The topological polar surface area (TPSA) is 93.0 Å². The number of likely N-dealkylation sites (tertiary alicyclic amines) is 1. The maximum atomic E-state index is 13.1. The van der Waals surface area contributed by atoms with Crippen LogP contribution in [-0.2, 0) is 9.59 Å². The van der Waals surface area contributed by atoms with Gasteiger partial charge in [-0.3, -0.25) is 9.59 Å². The smallest absolute Gasteiger partial charge is 0.245 e. The normalized spacial score (nSPS) is 27.7. The summed E-state index contributed by atoms with van der Waals surface area (Å²) in [5.41, 5.74) is 1.21. The summed E-state index contributed by atoms with van der Waals surface area (Å²) in [6.45, 7) is 3.08. The molecule has 1 aromatic heterocycles. The van der Waals surface area contributed by atoms with Crippen LogP contribution >= 0.6 is 11.6 Å². The molecule has 1 unspecified atom stereocenters. The maximum absolute atomic E-state index is 13.1. The first kappa shape index (κ1) is 18.5. The lowest BCUT2D eigenvalue weighted by Crippen LogP contribution is -2.44. The first-order valence-electron chi connectivity index (χ1n) is 10.0. The zero-order chi connectivity index (χ0) is 20.2. The van der Waals surface area contributed by atoms with Crippen LogP contribution in [0.25, 0.3) is 0 Å². The highest BCUT2D eigenvalue weighted by atomic mass is 35.5. The molecule has 1 aliphatic heterocycles. The average molecular weight is 415 g/mol. The number of rotatable bonds is 5. The largest absolute Gasteiger partial charge is 0.349 e. The highest BCUT2D eigenvalue weighted by molar-refractivity contribution is 6.30. The molecule has 9 heteroatoms. The van der Waals surface area contributed by atoms with E-state index in [0.29, 0.717) is 11.6 Å². The van der Waals surface area contributed by atoms with E-state index in [1.807, 2.05) is 29.2 Å². The fraction of sp³-hybridized carbons (Fsp3) is 0.550. The molecule has 2 aromatic rings. The number of nitrogens with zero attached hydrogens (tertiary/aromatic N) is 5. The van der Waals surface area contributed by atoms with Crippen LogP contribution in [0, 0.1) is 11.3 Å². The van der Waals surface area contributed by atoms with Gasteiger partial charge >= 0.3 is 0 Å². The van der Waals surface area contributed by atoms with E-state index in [4.69, 9.17) is 11.6 Å². The zero-order valence-electron chi connectivity index (χ0n) is 16.2. The van der Waals surface area contributed by atoms with Crippen molar-refractivity contribution in [1.82, 2.24) is 30.4 Å². The molecule has 1 N–H and O–H groups in total. The Morgan fingerprint density at radius 2 is 2.03 bits per heavy atom. The van der Waals surface area contributed by atoms with Crippen molar-refractivity contribution in [3.63, 3.8) is 0 Å². The molecule has 2 saturated carbocycles. The van der Waals surface area contributed by atoms with Gasteiger partial charge in [0, 0.05) is 29.4 Å². The molecule has 5 rings (SSSR count). The van der Waals surface area contributed by atoms with Gasteiger partial charge in [-0.1, -0.05) is 23.7 Å². The third kappa shape index (κ3) is 3.39. The minimum atomic E-state index is -0.483. The lowest BCUT2D eigenvalue weighted by Gasteiger charge is -2.21. The summed E-state index contributed by atoms with van der Waals surface area (Å²) in [5, 5.41) is 14.8. The summed E-state index contributed by atoms with van der Waals surface area (Å²) in [6.07, 6.45) is 4.42. The number of halogens is 1. The molecule has 1 aromatic carbocycles. The minimum absolute atomic E-state index is 0.00869. The van der Waals surface area contributed by atoms with Crippen LogP contribution in [0.3, 0.4) is 0 Å². The summed E-state index contributed by atoms with van der Waals surface area (Å²) < 4.78 is 1.44. The molecule has 29 heavy (non-hydrogen) atoms. The van der Waals surface area contributed by atoms with Crippen molar-refractivity contribution in [3.8, 4) is 0 Å². The van der Waals surface area contributed by atoms with Crippen molar-refractivity contribution in [1.29, 1.82) is 0 Å². The first-order chi connectivity index (χ1) is 14.0. The highest BCUT2D eigenvalue weighted by Gasteiger charge is 2.58. The summed E-state index contributed by atoms with van der Waals surface area (Å²) in [4.78, 5) is 27.7. The van der Waals surface area contributed by atoms with Crippen molar-refractivity contribution in [2.75, 3.05) is 13.1 Å². The number of tetrazole rings is 1. The molecule has 152 valence electrons. The molecular weight excluding hydrogens is 392 g/mol. The lowest BCUT2D eigenvalue weighted by molar-refractivity contribution is -0.132. The number of carbonyl (C=O) groups is 2. The van der Waals surface area contributed by atoms with Crippen LogP contribution in [0.2, 0.25) is 5.02 Å². The van der Waals surface area contributed by atoms with Gasteiger partial charge < -0.3 is 10.2 Å². The Balaban J connectivity index is 1.22. The van der Waals surface area contributed by atoms with E-state index in [-0.39, 0.29) is 35.1 Å². The van der Waals surface area contributed by atoms with Gasteiger partial charge in [-0.2, -0.15) is 0 Å². The second kappa shape index (κ2) is 6.79. The zero-order valence-corrected chi connectivity index (χ0v) is 16.9. The predicted octanol–water partition coefficient (Wildman–Crippen LogP) is 1.80. The number of amides is 2. The van der Waals surface area contributed by atoms with Crippen LogP contribution in [0.4, 0.5) is 0 Å². The van der Waals surface area contributed by atoms with Crippen LogP contribution < -0.4 is 5.32 Å². The van der Waals surface area contributed by atoms with E-state index < -0.39 is 6.04 Å². The number of hydrogen-bond acceptors (Lipinski definition) is 5. The summed E-state index contributed by atoms with van der Waals surface area (Å²) >= 11 is 5.97. The Morgan fingerprint density at radius 1 is 1.28 bits per heavy atom. The van der Waals surface area contributed by atoms with Gasteiger partial charge in [0.1, 0.15) is 12.4 Å². The molecule has 0 radical (unpaired) electrons. The van der Waals surface area contributed by atoms with Gasteiger partial charge in [-0.25, -0.2) is 4.68 Å². The van der Waals surface area contributed by atoms with E-state index in [2.05, 4.69) is 20.8 Å². The number of aromatic nitrogens is 4. The van der Waals surface area contributed by atoms with Gasteiger partial charge in [0.15, 0.2) is 0 Å². The van der Waals surface area contributed by atoms with E-state index in [1.54, 1.807) is 6.92 Å². The van der Waals surface area contributed by atoms with Crippen molar-refractivity contribution in [2.24, 2.45) is 11.3 Å². The van der Waals surface area contributed by atoms with E-state index in [0.717, 1.165) is 25.8 Å². The van der Waals surface area contributed by atoms with E-state index >= 15 is 0 Å². The second-order valence-electron chi connectivity index (χ2n) is 8.61. The number of carbonyl (C=O) groups excluding carboxylic acids is 2. The summed E-state index contributed by atoms with van der Waals surface area (Å²) in [5.74, 6) is 0.416. The quantitative estimate of drug-likeness (QED) is 0.805. The van der Waals surface area contributed by atoms with Crippen molar-refractivity contribution >= 4 is 23.4 Å². The Bertz CT molecular complexity index is 927. The molecular formula is C20H23ClN6O2. The van der Waals surface area contributed by atoms with Crippen molar-refractivity contribution in [3.05, 3.63) is 41.2 Å². The fourth-order valence-corrected chi connectivity index (χ4v) is 4.67. The molecule has 0 bridgehead atoms. The monoisotopic (exact) mass is 414 g/mol. The maximum Gasteiger partial charge on any atom is 0.245 e. The Labute approximate surface area is 173 Å². The van der Waals surface area contributed by atoms with Crippen LogP contribution in [0.5, 0.6) is 0 Å². The van der Waals surface area contributed by atoms with Gasteiger partial charge in [-0.15, -0.1) is 5.10 Å². The number of benzene rings is 1. The van der Waals surface area contributed by atoms with Crippen molar-refractivity contribution < 1.29 is 9.59 Å². The van der Waals surface area contributed by atoms with E-state index in [9.17, 15) is 9.59 Å². The summed E-state index contributed by atoms with van der Waals surface area (Å²) in [7, 11) is 0. The molecule has 3 aliphatic rings. The molecule has 1 saturated heterocycles. The van der Waals surface area contributed by atoms with Gasteiger partial charge in [0.25, 0.3) is 0 Å². The van der Waals surface area contributed by atoms with Gasteiger partial charge in [0.05, 0.1) is 6.04 Å².